The number of hydrogen-bond acceptors (Lipinski definition) is 3. The van der Waals surface area contributed by atoms with E-state index in [2.05, 4.69) is 17.6 Å². The largest absolute Gasteiger partial charge is 0.383 e. The summed E-state index contributed by atoms with van der Waals surface area (Å²) in [4.78, 5) is 13.4. The third-order valence-electron chi connectivity index (χ3n) is 3.07. The normalized spacial score (nSPS) is 12.0. The molecule has 0 aliphatic carbocycles. The van der Waals surface area contributed by atoms with Gasteiger partial charge in [-0.2, -0.15) is 0 Å². The average Bonchev–Trinajstić information content (AvgIpc) is 2.44. The van der Waals surface area contributed by atoms with Crippen molar-refractivity contribution < 1.29 is 9.53 Å². The number of likely N-dealkylation sites (N-methyl/N-ethyl adjacent to an activating group) is 1. The third-order valence-corrected chi connectivity index (χ3v) is 3.07. The fraction of sp³-hybridized carbons (Fsp3) is 0.500. The van der Waals surface area contributed by atoms with Gasteiger partial charge in [-0.3, -0.25) is 0 Å². The standard InChI is InChI=1S/C14H23N3O2/c1-11(15-2)12-5-7-13(8-6-12)16-14(18)17(3)9-10-19-4/h5-8,11,15H,9-10H2,1-4H3,(H,16,18). The van der Waals surface area contributed by atoms with Crippen molar-refractivity contribution in [3.8, 4) is 0 Å². The zero-order valence-electron chi connectivity index (χ0n) is 12.1. The highest BCUT2D eigenvalue weighted by molar-refractivity contribution is 5.89. The number of hydrogen-bond donors (Lipinski definition) is 2. The van der Waals surface area contributed by atoms with Crippen LogP contribution in [0.15, 0.2) is 24.3 Å². The molecule has 2 N–H and O–H groups in total. The highest BCUT2D eigenvalue weighted by Crippen LogP contribution is 2.15. The van der Waals surface area contributed by atoms with Crippen LogP contribution in [0.1, 0.15) is 18.5 Å². The summed E-state index contributed by atoms with van der Waals surface area (Å²) < 4.78 is 4.94. The maximum atomic E-state index is 11.8. The molecule has 0 heterocycles. The predicted octanol–water partition coefficient (Wildman–Crippen LogP) is 2.08. The number of anilines is 1. The van der Waals surface area contributed by atoms with E-state index in [0.717, 1.165) is 5.69 Å². The van der Waals surface area contributed by atoms with Gasteiger partial charge in [-0.25, -0.2) is 4.79 Å². The van der Waals surface area contributed by atoms with Gasteiger partial charge in [0.05, 0.1) is 6.61 Å². The minimum Gasteiger partial charge on any atom is -0.383 e. The number of amides is 2. The first-order chi connectivity index (χ1) is 9.08. The SMILES string of the molecule is CNC(C)c1ccc(NC(=O)N(C)CCOC)cc1. The van der Waals surface area contributed by atoms with Crippen molar-refractivity contribution in [2.45, 2.75) is 13.0 Å². The smallest absolute Gasteiger partial charge is 0.321 e. The molecule has 0 radical (unpaired) electrons. The van der Waals surface area contributed by atoms with Crippen LogP contribution in [-0.2, 0) is 4.74 Å². The molecule has 19 heavy (non-hydrogen) atoms. The van der Waals surface area contributed by atoms with Crippen LogP contribution in [0.4, 0.5) is 10.5 Å². The molecule has 0 aliphatic rings. The van der Waals surface area contributed by atoms with E-state index in [-0.39, 0.29) is 6.03 Å². The van der Waals surface area contributed by atoms with Crippen molar-refractivity contribution >= 4 is 11.7 Å². The second-order valence-electron chi connectivity index (χ2n) is 4.48. The van der Waals surface area contributed by atoms with Gasteiger partial charge in [-0.05, 0) is 31.7 Å². The second-order valence-corrected chi connectivity index (χ2v) is 4.48. The lowest BCUT2D eigenvalue weighted by Crippen LogP contribution is -2.33. The van der Waals surface area contributed by atoms with Crippen molar-refractivity contribution in [1.82, 2.24) is 10.2 Å². The molecule has 1 aromatic rings. The summed E-state index contributed by atoms with van der Waals surface area (Å²) in [5, 5.41) is 6.02. The van der Waals surface area contributed by atoms with Gasteiger partial charge in [0, 0.05) is 32.4 Å². The number of urea groups is 1. The van der Waals surface area contributed by atoms with Crippen molar-refractivity contribution in [2.75, 3.05) is 39.7 Å². The first-order valence-corrected chi connectivity index (χ1v) is 6.36. The van der Waals surface area contributed by atoms with Gasteiger partial charge in [0.2, 0.25) is 0 Å². The van der Waals surface area contributed by atoms with E-state index in [9.17, 15) is 4.79 Å². The van der Waals surface area contributed by atoms with Crippen LogP contribution >= 0.6 is 0 Å². The molecule has 1 aromatic carbocycles. The quantitative estimate of drug-likeness (QED) is 0.828. The third kappa shape index (κ3) is 4.89. The molecule has 1 rings (SSSR count). The Morgan fingerprint density at radius 2 is 2.00 bits per heavy atom. The maximum absolute atomic E-state index is 11.8. The van der Waals surface area contributed by atoms with Gasteiger partial charge in [0.15, 0.2) is 0 Å². The van der Waals surface area contributed by atoms with Gasteiger partial charge in [-0.15, -0.1) is 0 Å². The summed E-state index contributed by atoms with van der Waals surface area (Å²) in [6, 6.07) is 7.99. The zero-order valence-corrected chi connectivity index (χ0v) is 12.1. The number of carbonyl (C=O) groups excluding carboxylic acids is 1. The Morgan fingerprint density at radius 1 is 1.37 bits per heavy atom. The topological polar surface area (TPSA) is 53.6 Å². The molecule has 0 saturated carbocycles. The summed E-state index contributed by atoms with van der Waals surface area (Å²) >= 11 is 0. The Hall–Kier alpha value is -1.59. The Labute approximate surface area is 114 Å². The molecule has 5 nitrogen and oxygen atoms in total. The lowest BCUT2D eigenvalue weighted by Gasteiger charge is -2.18. The van der Waals surface area contributed by atoms with Crippen LogP contribution in [0.5, 0.6) is 0 Å². The Kier molecular flexibility index (Phi) is 6.32. The molecular weight excluding hydrogens is 242 g/mol. The summed E-state index contributed by atoms with van der Waals surface area (Å²) in [6.45, 7) is 3.19. The Balaban J connectivity index is 2.55. The van der Waals surface area contributed by atoms with Crippen molar-refractivity contribution in [3.63, 3.8) is 0 Å². The fourth-order valence-electron chi connectivity index (χ4n) is 1.57. The molecule has 106 valence electrons. The van der Waals surface area contributed by atoms with Gasteiger partial charge < -0.3 is 20.3 Å². The number of nitrogens with zero attached hydrogens (tertiary/aromatic N) is 1. The van der Waals surface area contributed by atoms with E-state index in [1.807, 2.05) is 31.3 Å². The molecule has 2 amide bonds. The van der Waals surface area contributed by atoms with Gasteiger partial charge in [-0.1, -0.05) is 12.1 Å². The highest BCUT2D eigenvalue weighted by atomic mass is 16.5. The number of methoxy groups -OCH3 is 1. The number of ether oxygens (including phenoxy) is 1. The Morgan fingerprint density at radius 3 is 2.53 bits per heavy atom. The summed E-state index contributed by atoms with van der Waals surface area (Å²) in [5.41, 5.74) is 1.98. The maximum Gasteiger partial charge on any atom is 0.321 e. The van der Waals surface area contributed by atoms with E-state index in [1.165, 1.54) is 5.56 Å². The lowest BCUT2D eigenvalue weighted by molar-refractivity contribution is 0.165. The molecule has 0 saturated heterocycles. The molecule has 0 aliphatic heterocycles. The van der Waals surface area contributed by atoms with E-state index >= 15 is 0 Å². The van der Waals surface area contributed by atoms with Crippen molar-refractivity contribution in [2.24, 2.45) is 0 Å². The van der Waals surface area contributed by atoms with Crippen molar-refractivity contribution in [1.29, 1.82) is 0 Å². The van der Waals surface area contributed by atoms with Crippen LogP contribution in [0.25, 0.3) is 0 Å². The van der Waals surface area contributed by atoms with Crippen LogP contribution in [0.3, 0.4) is 0 Å². The average molecular weight is 265 g/mol. The molecule has 0 fully saturated rings. The minimum absolute atomic E-state index is 0.133. The Bertz CT molecular complexity index is 392. The van der Waals surface area contributed by atoms with Gasteiger partial charge in [0.1, 0.15) is 0 Å². The van der Waals surface area contributed by atoms with E-state index in [4.69, 9.17) is 4.74 Å². The summed E-state index contributed by atoms with van der Waals surface area (Å²) in [6.07, 6.45) is 0. The van der Waals surface area contributed by atoms with Crippen LogP contribution in [0.2, 0.25) is 0 Å². The van der Waals surface area contributed by atoms with Crippen LogP contribution in [-0.4, -0.2) is 45.3 Å². The van der Waals surface area contributed by atoms with Crippen molar-refractivity contribution in [3.05, 3.63) is 29.8 Å². The molecule has 0 aromatic heterocycles. The fourth-order valence-corrected chi connectivity index (χ4v) is 1.57. The second kappa shape index (κ2) is 7.76. The van der Waals surface area contributed by atoms with Crippen LogP contribution in [0, 0.1) is 0 Å². The molecule has 1 unspecified atom stereocenters. The molecule has 5 heteroatoms. The van der Waals surface area contributed by atoms with Gasteiger partial charge in [0.25, 0.3) is 0 Å². The monoisotopic (exact) mass is 265 g/mol. The summed E-state index contributed by atoms with van der Waals surface area (Å²) in [5.74, 6) is 0. The predicted molar refractivity (Wildman–Crippen MR) is 77.4 cm³/mol. The van der Waals surface area contributed by atoms with Crippen LogP contribution < -0.4 is 10.6 Å². The van der Waals surface area contributed by atoms with Gasteiger partial charge >= 0.3 is 6.03 Å². The lowest BCUT2D eigenvalue weighted by atomic mass is 10.1. The van der Waals surface area contributed by atoms with E-state index < -0.39 is 0 Å². The number of carbonyl (C=O) groups is 1. The number of rotatable bonds is 6. The molecule has 1 atom stereocenters. The molecule has 0 bridgehead atoms. The van der Waals surface area contributed by atoms with E-state index in [1.54, 1.807) is 19.1 Å². The molecule has 0 spiro atoms. The molecular formula is C14H23N3O2. The highest BCUT2D eigenvalue weighted by Gasteiger charge is 2.08. The minimum atomic E-state index is -0.133. The first-order valence-electron chi connectivity index (χ1n) is 6.36. The summed E-state index contributed by atoms with van der Waals surface area (Å²) in [7, 11) is 5.28. The van der Waals surface area contributed by atoms with E-state index in [0.29, 0.717) is 19.2 Å². The number of nitrogens with one attached hydrogen (secondary N) is 2. The zero-order chi connectivity index (χ0) is 14.3. The number of benzene rings is 1. The first kappa shape index (κ1) is 15.5.